The van der Waals surface area contributed by atoms with Crippen molar-refractivity contribution in [3.63, 3.8) is 0 Å². The van der Waals surface area contributed by atoms with Gasteiger partial charge in [-0.1, -0.05) is 42.5 Å². The fourth-order valence-electron chi connectivity index (χ4n) is 4.71. The second-order valence-corrected chi connectivity index (χ2v) is 11.4. The van der Waals surface area contributed by atoms with Crippen LogP contribution in [0.3, 0.4) is 0 Å². The van der Waals surface area contributed by atoms with Gasteiger partial charge in [0, 0.05) is 30.7 Å². The van der Waals surface area contributed by atoms with Gasteiger partial charge in [-0.2, -0.15) is 0 Å². The number of hydrogen-bond acceptors (Lipinski definition) is 6. The Labute approximate surface area is 229 Å². The van der Waals surface area contributed by atoms with Crippen LogP contribution >= 0.6 is 0 Å². The number of amides is 2. The number of ether oxygens (including phenoxy) is 1. The molecule has 0 radical (unpaired) electrons. The largest absolute Gasteiger partial charge is 0.497 e. The third-order valence-corrected chi connectivity index (χ3v) is 8.50. The molecule has 10 heteroatoms. The Morgan fingerprint density at radius 1 is 1.03 bits per heavy atom. The van der Waals surface area contributed by atoms with Crippen LogP contribution in [-0.4, -0.2) is 40.4 Å². The smallest absolute Gasteiger partial charge is 0.243 e. The normalized spacial score (nSPS) is 15.0. The van der Waals surface area contributed by atoms with Crippen molar-refractivity contribution in [2.24, 2.45) is 11.7 Å². The fraction of sp³-hybridized carbons (Fsp3) is 0.310. The zero-order chi connectivity index (χ0) is 28.0. The second-order valence-electron chi connectivity index (χ2n) is 9.67. The number of benzene rings is 3. The van der Waals surface area contributed by atoms with Crippen molar-refractivity contribution in [3.8, 4) is 5.75 Å². The fourth-order valence-corrected chi connectivity index (χ4v) is 6.20. The highest BCUT2D eigenvalue weighted by Crippen LogP contribution is 2.32. The maximum absolute atomic E-state index is 13.7. The number of piperidine rings is 1. The first-order valence-electron chi connectivity index (χ1n) is 12.8. The van der Waals surface area contributed by atoms with Crippen molar-refractivity contribution in [1.29, 1.82) is 0 Å². The van der Waals surface area contributed by atoms with E-state index in [-0.39, 0.29) is 29.0 Å². The summed E-state index contributed by atoms with van der Waals surface area (Å²) in [4.78, 5) is 26.4. The Balaban J connectivity index is 1.59. The van der Waals surface area contributed by atoms with Crippen molar-refractivity contribution < 1.29 is 22.7 Å². The second kappa shape index (κ2) is 12.3. The van der Waals surface area contributed by atoms with E-state index in [0.29, 0.717) is 43.1 Å². The molecular weight excluding hydrogens is 516 g/mol. The molecule has 1 fully saturated rings. The molecule has 0 aromatic heterocycles. The van der Waals surface area contributed by atoms with E-state index in [4.69, 9.17) is 10.5 Å². The molecule has 2 amide bonds. The average molecular weight is 551 g/mol. The van der Waals surface area contributed by atoms with Gasteiger partial charge in [-0.15, -0.1) is 0 Å². The number of anilines is 2. The first-order valence-corrected chi connectivity index (χ1v) is 14.3. The van der Waals surface area contributed by atoms with Gasteiger partial charge < -0.3 is 20.7 Å². The van der Waals surface area contributed by atoms with Gasteiger partial charge in [-0.3, -0.25) is 9.59 Å². The van der Waals surface area contributed by atoms with Crippen molar-refractivity contribution in [2.45, 2.75) is 37.1 Å². The van der Waals surface area contributed by atoms with Crippen molar-refractivity contribution in [1.82, 2.24) is 4.72 Å². The molecular formula is C29H34N4O5S. The number of nitrogens with one attached hydrogen (secondary N) is 2. The lowest BCUT2D eigenvalue weighted by Crippen LogP contribution is -2.39. The van der Waals surface area contributed by atoms with Gasteiger partial charge >= 0.3 is 0 Å². The molecule has 4 rings (SSSR count). The molecule has 4 N–H and O–H groups in total. The number of sulfonamides is 1. The van der Waals surface area contributed by atoms with Gasteiger partial charge in [0.2, 0.25) is 21.8 Å². The minimum atomic E-state index is -3.99. The highest BCUT2D eigenvalue weighted by Gasteiger charge is 2.29. The lowest BCUT2D eigenvalue weighted by Gasteiger charge is -2.33. The van der Waals surface area contributed by atoms with Crippen LogP contribution in [0.15, 0.2) is 77.7 Å². The number of nitrogens with two attached hydrogens (primary N) is 1. The molecule has 0 saturated carbocycles. The topological polar surface area (TPSA) is 131 Å². The van der Waals surface area contributed by atoms with Crippen LogP contribution < -0.4 is 25.4 Å². The van der Waals surface area contributed by atoms with E-state index in [1.807, 2.05) is 47.4 Å². The van der Waals surface area contributed by atoms with E-state index in [1.54, 1.807) is 38.3 Å². The third-order valence-electron chi connectivity index (χ3n) is 6.93. The monoisotopic (exact) mass is 550 g/mol. The predicted molar refractivity (Wildman–Crippen MR) is 151 cm³/mol. The van der Waals surface area contributed by atoms with E-state index < -0.39 is 16.1 Å². The molecule has 1 aliphatic rings. The first kappa shape index (κ1) is 28.1. The molecule has 0 unspecified atom stereocenters. The molecule has 9 nitrogen and oxygen atoms in total. The zero-order valence-electron chi connectivity index (χ0n) is 22.1. The molecule has 1 aliphatic heterocycles. The first-order chi connectivity index (χ1) is 18.7. The lowest BCUT2D eigenvalue weighted by atomic mass is 9.96. The van der Waals surface area contributed by atoms with Crippen LogP contribution in [0.5, 0.6) is 5.75 Å². The number of primary amides is 1. The van der Waals surface area contributed by atoms with Gasteiger partial charge in [0.15, 0.2) is 0 Å². The summed E-state index contributed by atoms with van der Waals surface area (Å²) < 4.78 is 35.3. The Kier molecular flexibility index (Phi) is 8.88. The summed E-state index contributed by atoms with van der Waals surface area (Å²) in [5.41, 5.74) is 8.00. The third kappa shape index (κ3) is 7.15. The lowest BCUT2D eigenvalue weighted by molar-refractivity contribution is -0.122. The van der Waals surface area contributed by atoms with Crippen LogP contribution in [0.1, 0.15) is 36.9 Å². The number of hydrogen-bond donors (Lipinski definition) is 3. The number of methoxy groups -OCH3 is 1. The van der Waals surface area contributed by atoms with Gasteiger partial charge in [0.1, 0.15) is 10.6 Å². The van der Waals surface area contributed by atoms with E-state index in [2.05, 4.69) is 10.0 Å². The summed E-state index contributed by atoms with van der Waals surface area (Å²) in [6.07, 6.45) is 1.21. The number of rotatable bonds is 10. The van der Waals surface area contributed by atoms with E-state index >= 15 is 0 Å². The van der Waals surface area contributed by atoms with Crippen LogP contribution in [0.2, 0.25) is 0 Å². The highest BCUT2D eigenvalue weighted by molar-refractivity contribution is 7.89. The number of carbonyl (C=O) groups is 2. The van der Waals surface area contributed by atoms with Crippen LogP contribution in [-0.2, 0) is 26.0 Å². The summed E-state index contributed by atoms with van der Waals surface area (Å²) in [5.74, 6) is -0.143. The minimum Gasteiger partial charge on any atom is -0.497 e. The van der Waals surface area contributed by atoms with Crippen molar-refractivity contribution >= 4 is 33.2 Å². The van der Waals surface area contributed by atoms with Gasteiger partial charge in [0.05, 0.1) is 19.2 Å². The predicted octanol–water partition coefficient (Wildman–Crippen LogP) is 3.62. The standard InChI is InChI=1S/C29H34N4O5S/c1-20(22-6-4-3-5-7-22)32-39(36,37)27-19-24(31-28(34)18-21-8-11-25(38-2)12-9-21)10-13-26(27)33-16-14-23(15-17-33)29(30)35/h3-13,19-20,23,32H,14-18H2,1-2H3,(H2,30,35)(H,31,34)/t20-/m0/s1. The SMILES string of the molecule is COc1ccc(CC(=O)Nc2ccc(N3CCC(C(N)=O)CC3)c(S(=O)(=O)N[C@@H](C)c3ccccc3)c2)cc1. The van der Waals surface area contributed by atoms with E-state index in [9.17, 15) is 18.0 Å². The summed E-state index contributed by atoms with van der Waals surface area (Å²) in [6.45, 7) is 2.77. The van der Waals surface area contributed by atoms with E-state index in [0.717, 1.165) is 11.1 Å². The molecule has 0 aliphatic carbocycles. The molecule has 39 heavy (non-hydrogen) atoms. The summed E-state index contributed by atoms with van der Waals surface area (Å²) in [6, 6.07) is 20.9. The molecule has 1 saturated heterocycles. The zero-order valence-corrected chi connectivity index (χ0v) is 22.9. The summed E-state index contributed by atoms with van der Waals surface area (Å²) >= 11 is 0. The molecule has 1 heterocycles. The Bertz CT molecular complexity index is 1400. The highest BCUT2D eigenvalue weighted by atomic mass is 32.2. The molecule has 0 spiro atoms. The Morgan fingerprint density at radius 2 is 1.69 bits per heavy atom. The number of nitrogens with zero attached hydrogens (tertiary/aromatic N) is 1. The van der Waals surface area contributed by atoms with Gasteiger partial charge in [0.25, 0.3) is 0 Å². The molecule has 206 valence electrons. The molecule has 1 atom stereocenters. The van der Waals surface area contributed by atoms with Crippen LogP contribution in [0, 0.1) is 5.92 Å². The quantitative estimate of drug-likeness (QED) is 0.353. The molecule has 3 aromatic rings. The molecule has 3 aromatic carbocycles. The van der Waals surface area contributed by atoms with Crippen molar-refractivity contribution in [3.05, 3.63) is 83.9 Å². The van der Waals surface area contributed by atoms with Crippen LogP contribution in [0.4, 0.5) is 11.4 Å². The van der Waals surface area contributed by atoms with Crippen molar-refractivity contribution in [2.75, 3.05) is 30.4 Å². The average Bonchev–Trinajstić information content (AvgIpc) is 2.93. The van der Waals surface area contributed by atoms with E-state index in [1.165, 1.54) is 6.07 Å². The van der Waals surface area contributed by atoms with Gasteiger partial charge in [-0.05, 0) is 61.2 Å². The summed E-state index contributed by atoms with van der Waals surface area (Å²) in [5, 5.41) is 2.83. The maximum Gasteiger partial charge on any atom is 0.243 e. The molecule has 0 bridgehead atoms. The Hall–Kier alpha value is -3.89. The number of carbonyl (C=O) groups excluding carboxylic acids is 2. The van der Waals surface area contributed by atoms with Crippen LogP contribution in [0.25, 0.3) is 0 Å². The van der Waals surface area contributed by atoms with Gasteiger partial charge in [-0.25, -0.2) is 13.1 Å². The maximum atomic E-state index is 13.7. The Morgan fingerprint density at radius 3 is 2.31 bits per heavy atom. The minimum absolute atomic E-state index is 0.0602. The summed E-state index contributed by atoms with van der Waals surface area (Å²) in [7, 11) is -2.42.